The molecule has 21 heteroatoms. The molecule has 0 radical (unpaired) electrons. The molecule has 2 aliphatic heterocycles. The van der Waals surface area contributed by atoms with E-state index in [1.54, 1.807) is 47.3 Å². The van der Waals surface area contributed by atoms with Crippen LogP contribution in [0.4, 0.5) is 0 Å². The Morgan fingerprint density at radius 1 is 0.574 bits per heavy atom. The molecule has 20 nitrogen and oxygen atoms in total. The van der Waals surface area contributed by atoms with Crippen molar-refractivity contribution in [3.8, 4) is 0 Å². The van der Waals surface area contributed by atoms with Crippen LogP contribution in [0.2, 0.25) is 0 Å². The van der Waals surface area contributed by atoms with Crippen molar-refractivity contribution in [1.82, 2.24) is 40.4 Å². The van der Waals surface area contributed by atoms with Gasteiger partial charge >= 0.3 is 25.0 Å². The van der Waals surface area contributed by atoms with Gasteiger partial charge in [-0.3, -0.25) is 53.2 Å². The summed E-state index contributed by atoms with van der Waals surface area (Å²) in [5.74, 6) is -7.11. The number of amides is 4. The quantitative estimate of drug-likeness (QED) is 0.0660. The average Bonchev–Trinajstić information content (AvgIpc) is 3.56. The van der Waals surface area contributed by atoms with Gasteiger partial charge < -0.3 is 46.2 Å². The minimum atomic E-state index is -1.71. The van der Waals surface area contributed by atoms with Crippen molar-refractivity contribution >= 4 is 48.7 Å². The fraction of sp³-hybridized carbons (Fsp3) is 0.788. The SMILES string of the molecule is CC(C)[C@H](NC(=O)CN1CCN(CC(=O)O)CCN(CC(=O)O)CCN(CC(=O)O)CC1)C(=O)N[C@H](C(=O)N[C@H](C)C(=O)N1CCC[C@H]1B(O)O)C(C)C. The first-order valence-electron chi connectivity index (χ1n) is 18.4. The van der Waals surface area contributed by atoms with Crippen LogP contribution in [0, 0.1) is 11.8 Å². The molecule has 0 aromatic rings. The Morgan fingerprint density at radius 2 is 0.944 bits per heavy atom. The maximum absolute atomic E-state index is 13.6. The van der Waals surface area contributed by atoms with E-state index in [0.29, 0.717) is 19.4 Å². The zero-order chi connectivity index (χ0) is 40.7. The normalized spacial score (nSPS) is 20.3. The largest absolute Gasteiger partial charge is 0.480 e. The second-order valence-electron chi connectivity index (χ2n) is 14.7. The number of carbonyl (C=O) groups is 7. The zero-order valence-corrected chi connectivity index (χ0v) is 32.0. The molecule has 2 rings (SSSR count). The van der Waals surface area contributed by atoms with E-state index in [1.807, 2.05) is 0 Å². The molecule has 0 aliphatic carbocycles. The highest BCUT2D eigenvalue weighted by atomic mass is 16.4. The molecule has 306 valence electrons. The van der Waals surface area contributed by atoms with Gasteiger partial charge in [0, 0.05) is 58.9 Å². The molecule has 2 saturated heterocycles. The minimum Gasteiger partial charge on any atom is -0.480 e. The molecule has 4 atom stereocenters. The van der Waals surface area contributed by atoms with Gasteiger partial charge in [0.2, 0.25) is 23.6 Å². The Hall–Kier alpha value is -3.89. The Bertz CT molecular complexity index is 1280. The first-order valence-corrected chi connectivity index (χ1v) is 18.4. The van der Waals surface area contributed by atoms with Crippen LogP contribution in [0.25, 0.3) is 0 Å². The summed E-state index contributed by atoms with van der Waals surface area (Å²) < 4.78 is 0. The van der Waals surface area contributed by atoms with Gasteiger partial charge in [-0.25, -0.2) is 0 Å². The van der Waals surface area contributed by atoms with Crippen LogP contribution in [0.5, 0.6) is 0 Å². The van der Waals surface area contributed by atoms with E-state index in [2.05, 4.69) is 16.0 Å². The molecule has 0 aromatic heterocycles. The number of nitrogens with one attached hydrogen (secondary N) is 3. The molecule has 2 aliphatic rings. The predicted molar refractivity (Wildman–Crippen MR) is 195 cm³/mol. The van der Waals surface area contributed by atoms with Gasteiger partial charge in [0.25, 0.3) is 0 Å². The van der Waals surface area contributed by atoms with Crippen molar-refractivity contribution in [2.24, 2.45) is 11.8 Å². The second-order valence-corrected chi connectivity index (χ2v) is 14.7. The molecule has 0 spiro atoms. The third-order valence-corrected chi connectivity index (χ3v) is 9.54. The number of carboxylic acid groups (broad SMARTS) is 3. The summed E-state index contributed by atoms with van der Waals surface area (Å²) in [4.78, 5) is 96.1. The summed E-state index contributed by atoms with van der Waals surface area (Å²) in [6, 6.07) is -3.16. The Kier molecular flexibility index (Phi) is 19.3. The van der Waals surface area contributed by atoms with Gasteiger partial charge in [0.1, 0.15) is 18.1 Å². The average molecular weight is 771 g/mol. The van der Waals surface area contributed by atoms with E-state index < -0.39 is 84.6 Å². The number of likely N-dealkylation sites (tertiary alicyclic amines) is 1. The molecule has 0 saturated carbocycles. The van der Waals surface area contributed by atoms with E-state index in [-0.39, 0.29) is 78.5 Å². The number of aliphatic carboxylic acids is 3. The first-order chi connectivity index (χ1) is 25.3. The lowest BCUT2D eigenvalue weighted by atomic mass is 9.78. The van der Waals surface area contributed by atoms with Crippen LogP contribution in [-0.4, -0.2) is 208 Å². The Balaban J connectivity index is 2.15. The smallest absolute Gasteiger partial charge is 0.475 e. The van der Waals surface area contributed by atoms with Crippen molar-refractivity contribution in [1.29, 1.82) is 0 Å². The third-order valence-electron chi connectivity index (χ3n) is 9.54. The van der Waals surface area contributed by atoms with Gasteiger partial charge in [-0.15, -0.1) is 0 Å². The molecule has 0 unspecified atom stereocenters. The summed E-state index contributed by atoms with van der Waals surface area (Å²) in [5, 5.41) is 55.7. The molecular weight excluding hydrogens is 711 g/mol. The summed E-state index contributed by atoms with van der Waals surface area (Å²) in [7, 11) is -1.71. The lowest BCUT2D eigenvalue weighted by Crippen LogP contribution is -2.60. The van der Waals surface area contributed by atoms with Gasteiger partial charge in [-0.05, 0) is 31.6 Å². The van der Waals surface area contributed by atoms with E-state index in [9.17, 15) is 58.9 Å². The topological polar surface area (TPSA) is 273 Å². The fourth-order valence-electron chi connectivity index (χ4n) is 6.51. The monoisotopic (exact) mass is 770 g/mol. The van der Waals surface area contributed by atoms with Crippen LogP contribution >= 0.6 is 0 Å². The third kappa shape index (κ3) is 15.8. The number of carbonyl (C=O) groups excluding carboxylic acids is 4. The molecule has 2 fully saturated rings. The highest BCUT2D eigenvalue weighted by Gasteiger charge is 2.39. The number of hydrogen-bond acceptors (Lipinski definition) is 13. The summed E-state index contributed by atoms with van der Waals surface area (Å²) >= 11 is 0. The number of nitrogens with zero attached hydrogens (tertiary/aromatic N) is 5. The Labute approximate surface area is 316 Å². The fourth-order valence-corrected chi connectivity index (χ4v) is 6.51. The van der Waals surface area contributed by atoms with Crippen LogP contribution in [-0.2, 0) is 33.6 Å². The van der Waals surface area contributed by atoms with Crippen molar-refractivity contribution in [2.45, 2.75) is 71.5 Å². The highest BCUT2D eigenvalue weighted by molar-refractivity contribution is 6.43. The van der Waals surface area contributed by atoms with Crippen molar-refractivity contribution < 1.29 is 58.9 Å². The summed E-state index contributed by atoms with van der Waals surface area (Å²) in [6.45, 7) is 9.22. The molecular formula is C33H59BN8O12. The lowest BCUT2D eigenvalue weighted by molar-refractivity contribution is -0.140. The van der Waals surface area contributed by atoms with Crippen LogP contribution in [0.1, 0.15) is 47.5 Å². The Morgan fingerprint density at radius 3 is 1.31 bits per heavy atom. The van der Waals surface area contributed by atoms with E-state index in [1.165, 1.54) is 11.8 Å². The van der Waals surface area contributed by atoms with Crippen molar-refractivity contribution in [2.75, 3.05) is 85.1 Å². The number of hydrogen-bond donors (Lipinski definition) is 8. The molecule has 2 heterocycles. The van der Waals surface area contributed by atoms with E-state index >= 15 is 0 Å². The van der Waals surface area contributed by atoms with Crippen molar-refractivity contribution in [3.63, 3.8) is 0 Å². The maximum Gasteiger partial charge on any atom is 0.475 e. The number of rotatable bonds is 17. The first kappa shape index (κ1) is 46.3. The van der Waals surface area contributed by atoms with Crippen LogP contribution in [0.15, 0.2) is 0 Å². The standard InChI is InChI=1S/C33H59BN8O12/c1-21(2)29(32(51)37-30(22(3)4)31(50)35-23(5)33(52)42-8-6-7-24(42)34(53)54)36-25(43)17-38-9-11-39(18-26(44)45)13-15-41(20-28(48)49)16-14-40(12-10-38)19-27(46)47/h21-24,29-30,53-54H,6-20H2,1-5H3,(H,35,50)(H,36,43)(H,37,51)(H,44,45)(H,46,47)(H,48,49)/t23-,24+,29+,30+/m1/s1. The van der Waals surface area contributed by atoms with Crippen LogP contribution < -0.4 is 16.0 Å². The van der Waals surface area contributed by atoms with Gasteiger partial charge in [0.05, 0.1) is 32.1 Å². The van der Waals surface area contributed by atoms with Crippen molar-refractivity contribution in [3.05, 3.63) is 0 Å². The molecule has 54 heavy (non-hydrogen) atoms. The zero-order valence-electron chi connectivity index (χ0n) is 32.0. The second kappa shape index (κ2) is 22.5. The van der Waals surface area contributed by atoms with Gasteiger partial charge in [-0.1, -0.05) is 27.7 Å². The van der Waals surface area contributed by atoms with E-state index in [4.69, 9.17) is 0 Å². The molecule has 0 aromatic carbocycles. The molecule has 4 amide bonds. The van der Waals surface area contributed by atoms with Crippen LogP contribution in [0.3, 0.4) is 0 Å². The molecule has 0 bridgehead atoms. The van der Waals surface area contributed by atoms with Gasteiger partial charge in [0.15, 0.2) is 0 Å². The maximum atomic E-state index is 13.6. The number of carboxylic acids is 3. The van der Waals surface area contributed by atoms with Gasteiger partial charge in [-0.2, -0.15) is 0 Å². The van der Waals surface area contributed by atoms with E-state index in [0.717, 1.165) is 0 Å². The summed E-state index contributed by atoms with van der Waals surface area (Å²) in [5.41, 5.74) is 0. The lowest BCUT2D eigenvalue weighted by Gasteiger charge is -2.33. The molecule has 8 N–H and O–H groups in total. The minimum absolute atomic E-state index is 0.207. The predicted octanol–water partition coefficient (Wildman–Crippen LogP) is -3.75. The summed E-state index contributed by atoms with van der Waals surface area (Å²) in [6.07, 6.45) is 0.997. The highest BCUT2D eigenvalue weighted by Crippen LogP contribution is 2.19.